The van der Waals surface area contributed by atoms with E-state index < -0.39 is 0 Å². The average molecular weight is 405 g/mol. The molecule has 0 spiro atoms. The first-order chi connectivity index (χ1) is 13.4. The molecule has 1 aliphatic rings. The third kappa shape index (κ3) is 5.54. The second-order valence-corrected chi connectivity index (χ2v) is 8.67. The Balaban J connectivity index is 1.41. The largest absolute Gasteiger partial charge is 0.444 e. The van der Waals surface area contributed by atoms with Crippen molar-refractivity contribution in [2.45, 2.75) is 46.7 Å². The number of piperidine rings is 1. The molecular formula is C20H32N6OS. The molecule has 0 radical (unpaired) electrons. The first kappa shape index (κ1) is 20.8. The minimum Gasteiger partial charge on any atom is -0.444 e. The lowest BCUT2D eigenvalue weighted by Crippen LogP contribution is -2.43. The maximum absolute atomic E-state index is 5.72. The molecular weight excluding hydrogens is 372 g/mol. The highest BCUT2D eigenvalue weighted by Gasteiger charge is 2.21. The van der Waals surface area contributed by atoms with Crippen LogP contribution in [0, 0.1) is 26.7 Å². The average Bonchev–Trinajstić information content (AvgIpc) is 3.21. The third-order valence-electron chi connectivity index (χ3n) is 5.33. The van der Waals surface area contributed by atoms with Gasteiger partial charge in [-0.2, -0.15) is 0 Å². The molecule has 8 heteroatoms. The summed E-state index contributed by atoms with van der Waals surface area (Å²) in [6.45, 7) is 10.7. The molecule has 0 atom stereocenters. The molecule has 3 heterocycles. The van der Waals surface area contributed by atoms with E-state index in [1.165, 1.54) is 12.8 Å². The van der Waals surface area contributed by atoms with E-state index >= 15 is 0 Å². The van der Waals surface area contributed by atoms with Gasteiger partial charge in [0.1, 0.15) is 5.76 Å². The molecule has 1 N–H and O–H groups in total. The standard InChI is InChI=1S/C20H32N6OS/c1-14-15(2)27-19(23-14)12-26-8-6-17(7-9-26)10-22-20(21-4)25(5)11-18-13-28-16(3)24-18/h13,17H,6-12H2,1-5H3,(H,21,22). The normalized spacial score (nSPS) is 16.5. The number of rotatable bonds is 6. The van der Waals surface area contributed by atoms with Crippen molar-refractivity contribution in [1.29, 1.82) is 0 Å². The van der Waals surface area contributed by atoms with Gasteiger partial charge in [-0.3, -0.25) is 9.89 Å². The lowest BCUT2D eigenvalue weighted by molar-refractivity contribution is 0.163. The van der Waals surface area contributed by atoms with Gasteiger partial charge in [-0.25, -0.2) is 9.97 Å². The number of nitrogens with one attached hydrogen (secondary N) is 1. The van der Waals surface area contributed by atoms with E-state index in [1.54, 1.807) is 11.3 Å². The van der Waals surface area contributed by atoms with Gasteiger partial charge in [0.2, 0.25) is 5.89 Å². The SMILES string of the molecule is CN=C(NCC1CCN(Cc2nc(C)c(C)o2)CC1)N(C)Cc1csc(C)n1. The molecule has 0 aromatic carbocycles. The van der Waals surface area contributed by atoms with Gasteiger partial charge >= 0.3 is 0 Å². The van der Waals surface area contributed by atoms with Crippen LogP contribution in [0.1, 0.15) is 40.9 Å². The second-order valence-electron chi connectivity index (χ2n) is 7.61. The lowest BCUT2D eigenvalue weighted by atomic mass is 9.97. The predicted molar refractivity (Wildman–Crippen MR) is 114 cm³/mol. The molecule has 1 aliphatic heterocycles. The lowest BCUT2D eigenvalue weighted by Gasteiger charge is -2.32. The van der Waals surface area contributed by atoms with Crippen LogP contribution in [0.4, 0.5) is 0 Å². The summed E-state index contributed by atoms with van der Waals surface area (Å²) >= 11 is 1.69. The Bertz CT molecular complexity index is 771. The number of aromatic nitrogens is 2. The molecule has 0 unspecified atom stereocenters. The number of thiazole rings is 1. The molecule has 7 nitrogen and oxygen atoms in total. The zero-order valence-electron chi connectivity index (χ0n) is 17.7. The number of guanidine groups is 1. The number of hydrogen-bond donors (Lipinski definition) is 1. The Hall–Kier alpha value is -1.93. The summed E-state index contributed by atoms with van der Waals surface area (Å²) in [5, 5.41) is 6.77. The number of oxazole rings is 1. The van der Waals surface area contributed by atoms with Crippen molar-refractivity contribution in [3.8, 4) is 0 Å². The van der Waals surface area contributed by atoms with E-state index in [2.05, 4.69) is 42.5 Å². The Kier molecular flexibility index (Phi) is 7.07. The van der Waals surface area contributed by atoms with E-state index in [0.29, 0.717) is 5.92 Å². The summed E-state index contributed by atoms with van der Waals surface area (Å²) in [7, 11) is 3.90. The van der Waals surface area contributed by atoms with Crippen LogP contribution in [0.3, 0.4) is 0 Å². The maximum Gasteiger partial charge on any atom is 0.208 e. The molecule has 28 heavy (non-hydrogen) atoms. The highest BCUT2D eigenvalue weighted by molar-refractivity contribution is 7.09. The Labute approximate surface area is 171 Å². The molecule has 3 rings (SSSR count). The highest BCUT2D eigenvalue weighted by Crippen LogP contribution is 2.19. The fourth-order valence-electron chi connectivity index (χ4n) is 3.57. The molecule has 154 valence electrons. The first-order valence-corrected chi connectivity index (χ1v) is 10.8. The topological polar surface area (TPSA) is 69.8 Å². The number of aliphatic imine (C=N–C) groups is 1. The monoisotopic (exact) mass is 404 g/mol. The van der Waals surface area contributed by atoms with Crippen LogP contribution in [-0.2, 0) is 13.1 Å². The van der Waals surface area contributed by atoms with E-state index in [4.69, 9.17) is 4.42 Å². The highest BCUT2D eigenvalue weighted by atomic mass is 32.1. The molecule has 0 saturated carbocycles. The molecule has 0 aliphatic carbocycles. The van der Waals surface area contributed by atoms with E-state index in [1.807, 2.05) is 27.8 Å². The number of likely N-dealkylation sites (tertiary alicyclic amines) is 1. The Morgan fingerprint density at radius 1 is 1.32 bits per heavy atom. The van der Waals surface area contributed by atoms with Crippen molar-refractivity contribution in [3.05, 3.63) is 33.4 Å². The van der Waals surface area contributed by atoms with E-state index in [9.17, 15) is 0 Å². The van der Waals surface area contributed by atoms with Gasteiger partial charge in [-0.15, -0.1) is 11.3 Å². The maximum atomic E-state index is 5.72. The predicted octanol–water partition coefficient (Wildman–Crippen LogP) is 2.98. The number of hydrogen-bond acceptors (Lipinski definition) is 6. The van der Waals surface area contributed by atoms with Gasteiger partial charge < -0.3 is 14.6 Å². The quantitative estimate of drug-likeness (QED) is 0.590. The van der Waals surface area contributed by atoms with Crippen LogP contribution in [0.25, 0.3) is 0 Å². The second kappa shape index (κ2) is 9.52. The molecule has 0 bridgehead atoms. The smallest absolute Gasteiger partial charge is 0.208 e. The van der Waals surface area contributed by atoms with Gasteiger partial charge in [0.15, 0.2) is 5.96 Å². The summed E-state index contributed by atoms with van der Waals surface area (Å²) in [6.07, 6.45) is 2.36. The summed E-state index contributed by atoms with van der Waals surface area (Å²) in [6, 6.07) is 0. The molecule has 2 aromatic rings. The number of nitrogens with zero attached hydrogens (tertiary/aromatic N) is 5. The van der Waals surface area contributed by atoms with Crippen LogP contribution in [0.5, 0.6) is 0 Å². The van der Waals surface area contributed by atoms with Crippen LogP contribution in [0.15, 0.2) is 14.8 Å². The molecule has 1 fully saturated rings. The van der Waals surface area contributed by atoms with Crippen LogP contribution >= 0.6 is 11.3 Å². The summed E-state index contributed by atoms with van der Waals surface area (Å²) in [5.74, 6) is 3.36. The van der Waals surface area contributed by atoms with Gasteiger partial charge in [0.05, 0.1) is 29.5 Å². The zero-order valence-corrected chi connectivity index (χ0v) is 18.5. The van der Waals surface area contributed by atoms with E-state index in [-0.39, 0.29) is 0 Å². The first-order valence-electron chi connectivity index (χ1n) is 9.92. The zero-order chi connectivity index (χ0) is 20.1. The number of aryl methyl sites for hydroxylation is 3. The molecule has 1 saturated heterocycles. The van der Waals surface area contributed by atoms with Crippen LogP contribution in [-0.4, -0.2) is 59.5 Å². The van der Waals surface area contributed by atoms with E-state index in [0.717, 1.165) is 66.7 Å². The van der Waals surface area contributed by atoms with Crippen molar-refractivity contribution in [3.63, 3.8) is 0 Å². The van der Waals surface area contributed by atoms with Crippen LogP contribution in [0.2, 0.25) is 0 Å². The van der Waals surface area contributed by atoms with Crippen molar-refractivity contribution >= 4 is 17.3 Å². The van der Waals surface area contributed by atoms with Crippen LogP contribution < -0.4 is 5.32 Å². The summed E-state index contributed by atoms with van der Waals surface area (Å²) < 4.78 is 5.72. The molecule has 0 amide bonds. The van der Waals surface area contributed by atoms with Gasteiger partial charge in [-0.1, -0.05) is 0 Å². The third-order valence-corrected chi connectivity index (χ3v) is 6.15. The Morgan fingerprint density at radius 3 is 2.64 bits per heavy atom. The minimum atomic E-state index is 0.663. The van der Waals surface area contributed by atoms with Gasteiger partial charge in [-0.05, 0) is 52.6 Å². The van der Waals surface area contributed by atoms with Gasteiger partial charge in [0.25, 0.3) is 0 Å². The van der Waals surface area contributed by atoms with Crippen molar-refractivity contribution < 1.29 is 4.42 Å². The summed E-state index contributed by atoms with van der Waals surface area (Å²) in [5.41, 5.74) is 2.09. The van der Waals surface area contributed by atoms with Crippen molar-refractivity contribution in [2.75, 3.05) is 33.7 Å². The fourth-order valence-corrected chi connectivity index (χ4v) is 4.17. The minimum absolute atomic E-state index is 0.663. The van der Waals surface area contributed by atoms with Crippen molar-refractivity contribution in [1.82, 2.24) is 25.1 Å². The van der Waals surface area contributed by atoms with Gasteiger partial charge in [0, 0.05) is 26.0 Å². The molecule has 2 aromatic heterocycles. The summed E-state index contributed by atoms with van der Waals surface area (Å²) in [4.78, 5) is 18.1. The fraction of sp³-hybridized carbons (Fsp3) is 0.650. The van der Waals surface area contributed by atoms with Crippen molar-refractivity contribution in [2.24, 2.45) is 10.9 Å². The Morgan fingerprint density at radius 2 is 2.07 bits per heavy atom.